The van der Waals surface area contributed by atoms with Gasteiger partial charge in [-0.05, 0) is 30.2 Å². The van der Waals surface area contributed by atoms with E-state index in [-0.39, 0.29) is 0 Å². The molecule has 0 aliphatic heterocycles. The van der Waals surface area contributed by atoms with Gasteiger partial charge < -0.3 is 4.98 Å². The average molecular weight is 339 g/mol. The van der Waals surface area contributed by atoms with Gasteiger partial charge in [0.05, 0.1) is 21.7 Å². The highest BCUT2D eigenvalue weighted by atomic mass is 79.9. The van der Waals surface area contributed by atoms with Gasteiger partial charge in [-0.1, -0.05) is 36.4 Å². The predicted molar refractivity (Wildman–Crippen MR) is 92.1 cm³/mol. The third kappa shape index (κ3) is 2.00. The van der Waals surface area contributed by atoms with E-state index < -0.39 is 0 Å². The molecule has 0 unspecified atom stereocenters. The number of benzene rings is 2. The zero-order valence-corrected chi connectivity index (χ0v) is 13.3. The van der Waals surface area contributed by atoms with E-state index in [0.717, 1.165) is 6.42 Å². The number of nitrogens with zero attached hydrogens (tertiary/aromatic N) is 1. The lowest BCUT2D eigenvalue weighted by Crippen LogP contribution is -1.89. The van der Waals surface area contributed by atoms with Crippen molar-refractivity contribution in [2.45, 2.75) is 13.3 Å². The van der Waals surface area contributed by atoms with Crippen LogP contribution in [0.3, 0.4) is 0 Å². The maximum atomic E-state index is 3.59. The number of hydrogen-bond acceptors (Lipinski definition) is 0. The quantitative estimate of drug-likeness (QED) is 0.519. The van der Waals surface area contributed by atoms with Gasteiger partial charge in [0.25, 0.3) is 0 Å². The molecule has 4 aromatic rings. The smallest absolute Gasteiger partial charge is 0.0594 e. The van der Waals surface area contributed by atoms with Crippen molar-refractivity contribution >= 4 is 38.0 Å². The van der Waals surface area contributed by atoms with Crippen LogP contribution in [0.1, 0.15) is 16.8 Å². The average Bonchev–Trinajstić information content (AvgIpc) is 2.99. The van der Waals surface area contributed by atoms with Gasteiger partial charge in [-0.15, -0.1) is 0 Å². The van der Waals surface area contributed by atoms with Crippen LogP contribution in [0.2, 0.25) is 0 Å². The number of para-hydroxylation sites is 2. The van der Waals surface area contributed by atoms with Crippen molar-refractivity contribution in [3.05, 3.63) is 71.5 Å². The molecule has 0 radical (unpaired) electrons. The summed E-state index contributed by atoms with van der Waals surface area (Å²) < 4.78 is 2.02. The van der Waals surface area contributed by atoms with E-state index in [1.807, 2.05) is 3.59 Å². The fraction of sp³-hybridized carbons (Fsp3) is 0.111. The van der Waals surface area contributed by atoms with Gasteiger partial charge in [-0.3, -0.25) is 3.59 Å². The summed E-state index contributed by atoms with van der Waals surface area (Å²) in [5, 5.41) is 2.61. The van der Waals surface area contributed by atoms with E-state index in [1.54, 1.807) is 0 Å². The molecule has 2 nitrogen and oxygen atoms in total. The molecule has 0 saturated heterocycles. The summed E-state index contributed by atoms with van der Waals surface area (Å²) >= 11 is 3.59. The van der Waals surface area contributed by atoms with Crippen LogP contribution >= 0.6 is 16.1 Å². The van der Waals surface area contributed by atoms with E-state index in [1.165, 1.54) is 38.6 Å². The van der Waals surface area contributed by atoms with Crippen LogP contribution < -0.4 is 0 Å². The normalized spacial score (nSPS) is 11.5. The van der Waals surface area contributed by atoms with Crippen molar-refractivity contribution in [3.8, 4) is 0 Å². The molecule has 0 spiro atoms. The van der Waals surface area contributed by atoms with Crippen LogP contribution in [-0.2, 0) is 6.42 Å². The van der Waals surface area contributed by atoms with E-state index in [2.05, 4.69) is 82.8 Å². The number of H-pyrrole nitrogens is 1. The predicted octanol–water partition coefficient (Wildman–Crippen LogP) is 5.18. The molecule has 0 atom stereocenters. The van der Waals surface area contributed by atoms with Gasteiger partial charge in [-0.2, -0.15) is 0 Å². The van der Waals surface area contributed by atoms with Crippen molar-refractivity contribution in [1.29, 1.82) is 0 Å². The Balaban J connectivity index is 1.85. The largest absolute Gasteiger partial charge is 0.358 e. The number of aryl methyl sites for hydroxylation is 1. The molecule has 104 valence electrons. The van der Waals surface area contributed by atoms with E-state index in [0.29, 0.717) is 0 Å². The van der Waals surface area contributed by atoms with Crippen LogP contribution in [0.15, 0.2) is 54.7 Å². The number of halogens is 1. The molecule has 2 aromatic heterocycles. The van der Waals surface area contributed by atoms with Crippen LogP contribution in [0.25, 0.3) is 21.8 Å². The SMILES string of the molecule is Cc1c(Cc2cn(Br)c3ccccc23)[nH]c2ccccc12. The molecule has 3 heteroatoms. The molecule has 0 bridgehead atoms. The number of nitrogens with one attached hydrogen (secondary N) is 1. The Bertz CT molecular complexity index is 946. The first-order valence-electron chi connectivity index (χ1n) is 7.05. The van der Waals surface area contributed by atoms with Crippen molar-refractivity contribution in [1.82, 2.24) is 8.58 Å². The fourth-order valence-electron chi connectivity index (χ4n) is 3.05. The van der Waals surface area contributed by atoms with Crippen molar-refractivity contribution in [2.24, 2.45) is 0 Å². The number of aromatic amines is 1. The number of rotatable bonds is 2. The summed E-state index contributed by atoms with van der Waals surface area (Å²) in [5.41, 5.74) is 6.39. The molecule has 4 rings (SSSR count). The Morgan fingerprint density at radius 1 is 1.00 bits per heavy atom. The Labute approximate surface area is 131 Å². The molecule has 0 fully saturated rings. The lowest BCUT2D eigenvalue weighted by Gasteiger charge is -1.99. The van der Waals surface area contributed by atoms with Gasteiger partial charge >= 0.3 is 0 Å². The second kappa shape index (κ2) is 4.78. The molecule has 1 N–H and O–H groups in total. The molecule has 0 aliphatic carbocycles. The monoisotopic (exact) mass is 338 g/mol. The molecule has 0 amide bonds. The van der Waals surface area contributed by atoms with Crippen molar-refractivity contribution in [2.75, 3.05) is 0 Å². The molecular formula is C18H15BrN2. The third-order valence-electron chi connectivity index (χ3n) is 4.19. The standard InChI is InChI=1S/C18H15BrN2/c1-12-14-6-2-4-8-16(14)20-17(12)10-13-11-21(19)18-9-5-3-7-15(13)18/h2-9,11,20H,10H2,1H3. The van der Waals surface area contributed by atoms with E-state index >= 15 is 0 Å². The summed E-state index contributed by atoms with van der Waals surface area (Å²) in [5.74, 6) is 0. The maximum absolute atomic E-state index is 3.59. The summed E-state index contributed by atoms with van der Waals surface area (Å²) in [7, 11) is 0. The van der Waals surface area contributed by atoms with Gasteiger partial charge in [0.2, 0.25) is 0 Å². The number of aromatic nitrogens is 2. The van der Waals surface area contributed by atoms with Crippen LogP contribution in [0, 0.1) is 6.92 Å². The zero-order valence-electron chi connectivity index (χ0n) is 11.7. The molecule has 2 heterocycles. The minimum absolute atomic E-state index is 0.916. The lowest BCUT2D eigenvalue weighted by molar-refractivity contribution is 1.10. The first-order chi connectivity index (χ1) is 10.2. The molecule has 2 aromatic carbocycles. The van der Waals surface area contributed by atoms with Crippen LogP contribution in [0.5, 0.6) is 0 Å². The second-order valence-corrected chi connectivity index (χ2v) is 6.20. The second-order valence-electron chi connectivity index (χ2n) is 5.43. The molecule has 0 saturated carbocycles. The molecular weight excluding hydrogens is 324 g/mol. The van der Waals surface area contributed by atoms with Crippen LogP contribution in [-0.4, -0.2) is 8.58 Å². The summed E-state index contributed by atoms with van der Waals surface area (Å²) in [6, 6.07) is 17.0. The minimum atomic E-state index is 0.916. The molecule has 21 heavy (non-hydrogen) atoms. The topological polar surface area (TPSA) is 20.7 Å². The number of fused-ring (bicyclic) bond motifs is 2. The Morgan fingerprint density at radius 3 is 2.52 bits per heavy atom. The fourth-order valence-corrected chi connectivity index (χ4v) is 3.61. The van der Waals surface area contributed by atoms with Crippen molar-refractivity contribution in [3.63, 3.8) is 0 Å². The lowest BCUT2D eigenvalue weighted by atomic mass is 10.1. The van der Waals surface area contributed by atoms with Gasteiger partial charge in [0, 0.05) is 34.6 Å². The van der Waals surface area contributed by atoms with Gasteiger partial charge in [0.15, 0.2) is 0 Å². The Hall–Kier alpha value is -2.00. The first-order valence-corrected chi connectivity index (χ1v) is 7.76. The molecule has 0 aliphatic rings. The van der Waals surface area contributed by atoms with E-state index in [4.69, 9.17) is 0 Å². The van der Waals surface area contributed by atoms with Gasteiger partial charge in [-0.25, -0.2) is 0 Å². The zero-order chi connectivity index (χ0) is 14.4. The highest BCUT2D eigenvalue weighted by Crippen LogP contribution is 2.28. The minimum Gasteiger partial charge on any atom is -0.358 e. The van der Waals surface area contributed by atoms with Crippen LogP contribution in [0.4, 0.5) is 0 Å². The summed E-state index contributed by atoms with van der Waals surface area (Å²) in [6.07, 6.45) is 3.08. The van der Waals surface area contributed by atoms with Crippen molar-refractivity contribution < 1.29 is 0 Å². The first kappa shape index (κ1) is 12.7. The van der Waals surface area contributed by atoms with Gasteiger partial charge in [0.1, 0.15) is 0 Å². The number of hydrogen-bond donors (Lipinski definition) is 1. The summed E-state index contributed by atoms with van der Waals surface area (Å²) in [4.78, 5) is 3.56. The Morgan fingerprint density at radius 2 is 1.71 bits per heavy atom. The highest BCUT2D eigenvalue weighted by Gasteiger charge is 2.11. The van der Waals surface area contributed by atoms with E-state index in [9.17, 15) is 0 Å². The summed E-state index contributed by atoms with van der Waals surface area (Å²) in [6.45, 7) is 2.20. The highest BCUT2D eigenvalue weighted by molar-refractivity contribution is 9.08. The Kier molecular flexibility index (Phi) is 2.89. The maximum Gasteiger partial charge on any atom is 0.0594 e. The third-order valence-corrected chi connectivity index (χ3v) is 4.77.